The van der Waals surface area contributed by atoms with E-state index in [2.05, 4.69) is 57.2 Å². The molecule has 0 saturated carbocycles. The van der Waals surface area contributed by atoms with Crippen LogP contribution in [0.25, 0.3) is 10.8 Å². The van der Waals surface area contributed by atoms with Crippen molar-refractivity contribution in [3.05, 3.63) is 53.7 Å². The maximum Gasteiger partial charge on any atom is 0.318 e. The summed E-state index contributed by atoms with van der Waals surface area (Å²) in [7, 11) is 1.99. The molecule has 156 valence electrons. The minimum Gasteiger partial charge on any atom is -0.462 e. The maximum atomic E-state index is 9.83. The van der Waals surface area contributed by atoms with Gasteiger partial charge in [0.2, 0.25) is 0 Å². The molecule has 3 N–H and O–H groups in total. The molecule has 0 radical (unpaired) electrons. The Hall–Kier alpha value is -2.90. The van der Waals surface area contributed by atoms with Gasteiger partial charge in [0.15, 0.2) is 0 Å². The Balaban J connectivity index is 1.38. The number of aliphatic hydroxyl groups is 1. The molecule has 3 heterocycles. The number of fused-ring (bicyclic) bond motifs is 2. The summed E-state index contributed by atoms with van der Waals surface area (Å²) >= 11 is 0. The number of rotatable bonds is 4. The van der Waals surface area contributed by atoms with E-state index in [4.69, 9.17) is 15.5 Å². The first-order valence-corrected chi connectivity index (χ1v) is 10.5. The summed E-state index contributed by atoms with van der Waals surface area (Å²) in [5, 5.41) is 12.3. The van der Waals surface area contributed by atoms with Crippen molar-refractivity contribution in [3.63, 3.8) is 0 Å². The van der Waals surface area contributed by atoms with Gasteiger partial charge in [0.05, 0.1) is 18.3 Å². The van der Waals surface area contributed by atoms with E-state index in [1.54, 1.807) is 0 Å². The van der Waals surface area contributed by atoms with E-state index < -0.39 is 0 Å². The SMILES string of the molecule is CN1C[C@@H](O)C[C@H]1COc1nc(N)c2c(n1)CN(c1cccc3ccccc13)CC2. The van der Waals surface area contributed by atoms with E-state index >= 15 is 0 Å². The van der Waals surface area contributed by atoms with Crippen LogP contribution in [0.1, 0.15) is 17.7 Å². The van der Waals surface area contributed by atoms with Crippen LogP contribution in [0.2, 0.25) is 0 Å². The second kappa shape index (κ2) is 7.74. The molecule has 7 heteroatoms. The fourth-order valence-electron chi connectivity index (χ4n) is 4.61. The fraction of sp³-hybridized carbons (Fsp3) is 0.391. The van der Waals surface area contributed by atoms with Crippen molar-refractivity contribution in [1.29, 1.82) is 0 Å². The number of nitrogens with zero attached hydrogens (tertiary/aromatic N) is 4. The zero-order valence-corrected chi connectivity index (χ0v) is 17.2. The summed E-state index contributed by atoms with van der Waals surface area (Å²) in [4.78, 5) is 13.5. The molecule has 30 heavy (non-hydrogen) atoms. The number of hydrogen-bond acceptors (Lipinski definition) is 7. The van der Waals surface area contributed by atoms with Crippen LogP contribution in [0.4, 0.5) is 11.5 Å². The fourth-order valence-corrected chi connectivity index (χ4v) is 4.61. The predicted octanol–water partition coefficient (Wildman–Crippen LogP) is 2.22. The number of likely N-dealkylation sites (tertiary alicyclic amines) is 1. The maximum absolute atomic E-state index is 9.83. The van der Waals surface area contributed by atoms with E-state index in [0.29, 0.717) is 37.9 Å². The second-order valence-corrected chi connectivity index (χ2v) is 8.28. The number of β-amino-alcohol motifs (C(OH)–C–C–N with tert-alkyl or cyclic N) is 1. The Labute approximate surface area is 176 Å². The highest BCUT2D eigenvalue weighted by molar-refractivity contribution is 5.94. The number of aliphatic hydroxyl groups excluding tert-OH is 1. The number of hydrogen-bond donors (Lipinski definition) is 2. The third-order valence-electron chi connectivity index (χ3n) is 6.25. The Morgan fingerprint density at radius 3 is 2.83 bits per heavy atom. The van der Waals surface area contributed by atoms with Gasteiger partial charge in [-0.15, -0.1) is 0 Å². The number of nitrogen functional groups attached to an aromatic ring is 1. The van der Waals surface area contributed by atoms with Crippen molar-refractivity contribution >= 4 is 22.3 Å². The third kappa shape index (κ3) is 3.55. The minimum absolute atomic E-state index is 0.160. The lowest BCUT2D eigenvalue weighted by Crippen LogP contribution is -2.33. The average molecular weight is 406 g/mol. The van der Waals surface area contributed by atoms with Crippen molar-refractivity contribution in [3.8, 4) is 6.01 Å². The lowest BCUT2D eigenvalue weighted by Gasteiger charge is -2.31. The lowest BCUT2D eigenvalue weighted by molar-refractivity contribution is 0.182. The van der Waals surface area contributed by atoms with Gasteiger partial charge in [0, 0.05) is 35.8 Å². The van der Waals surface area contributed by atoms with Gasteiger partial charge in [-0.3, -0.25) is 4.90 Å². The number of aromatic nitrogens is 2. The highest BCUT2D eigenvalue weighted by atomic mass is 16.5. The number of ether oxygens (including phenoxy) is 1. The second-order valence-electron chi connectivity index (χ2n) is 8.28. The smallest absolute Gasteiger partial charge is 0.318 e. The quantitative estimate of drug-likeness (QED) is 0.688. The Morgan fingerprint density at radius 2 is 2.00 bits per heavy atom. The summed E-state index contributed by atoms with van der Waals surface area (Å²) in [5.74, 6) is 0.507. The van der Waals surface area contributed by atoms with Crippen LogP contribution in [-0.4, -0.2) is 58.9 Å². The van der Waals surface area contributed by atoms with E-state index in [1.165, 1.54) is 16.5 Å². The monoisotopic (exact) mass is 405 g/mol. The number of benzene rings is 2. The van der Waals surface area contributed by atoms with Crippen LogP contribution in [-0.2, 0) is 13.0 Å². The Bertz CT molecular complexity index is 1070. The van der Waals surface area contributed by atoms with Crippen molar-refractivity contribution in [2.24, 2.45) is 0 Å². The number of nitrogens with two attached hydrogens (primary N) is 1. The third-order valence-corrected chi connectivity index (χ3v) is 6.25. The van der Waals surface area contributed by atoms with Gasteiger partial charge < -0.3 is 20.5 Å². The molecule has 3 aromatic rings. The molecule has 1 aromatic heterocycles. The first-order valence-electron chi connectivity index (χ1n) is 10.5. The molecule has 0 unspecified atom stereocenters. The van der Waals surface area contributed by atoms with E-state index in [0.717, 1.165) is 24.2 Å². The normalized spacial score (nSPS) is 21.7. The van der Waals surface area contributed by atoms with Gasteiger partial charge in [-0.2, -0.15) is 9.97 Å². The number of likely N-dealkylation sites (N-methyl/N-ethyl adjacent to an activating group) is 1. The van der Waals surface area contributed by atoms with Crippen LogP contribution in [0.15, 0.2) is 42.5 Å². The van der Waals surface area contributed by atoms with Crippen LogP contribution in [0.5, 0.6) is 6.01 Å². The van der Waals surface area contributed by atoms with Crippen molar-refractivity contribution in [1.82, 2.24) is 14.9 Å². The molecular weight excluding hydrogens is 378 g/mol. The zero-order chi connectivity index (χ0) is 20.7. The molecule has 2 atom stereocenters. The molecule has 2 aliphatic heterocycles. The van der Waals surface area contributed by atoms with Crippen LogP contribution in [0, 0.1) is 0 Å². The van der Waals surface area contributed by atoms with Crippen LogP contribution in [0.3, 0.4) is 0 Å². The summed E-state index contributed by atoms with van der Waals surface area (Å²) in [6.45, 7) is 2.66. The van der Waals surface area contributed by atoms with Gasteiger partial charge in [0.25, 0.3) is 0 Å². The summed E-state index contributed by atoms with van der Waals surface area (Å²) < 4.78 is 5.89. The topological polar surface area (TPSA) is 87.7 Å². The zero-order valence-electron chi connectivity index (χ0n) is 17.2. The van der Waals surface area contributed by atoms with Gasteiger partial charge in [0.1, 0.15) is 12.4 Å². The lowest BCUT2D eigenvalue weighted by atomic mass is 10.0. The van der Waals surface area contributed by atoms with E-state index in [9.17, 15) is 5.11 Å². The number of anilines is 2. The molecule has 1 fully saturated rings. The largest absolute Gasteiger partial charge is 0.462 e. The molecule has 5 rings (SSSR count). The summed E-state index contributed by atoms with van der Waals surface area (Å²) in [6, 6.07) is 15.3. The summed E-state index contributed by atoms with van der Waals surface area (Å²) in [5.41, 5.74) is 9.41. The van der Waals surface area contributed by atoms with E-state index in [-0.39, 0.29) is 12.1 Å². The molecule has 0 aliphatic carbocycles. The van der Waals surface area contributed by atoms with Gasteiger partial charge >= 0.3 is 6.01 Å². The summed E-state index contributed by atoms with van der Waals surface area (Å²) in [6.07, 6.45) is 1.21. The first kappa shape index (κ1) is 19.1. The van der Waals surface area contributed by atoms with Crippen molar-refractivity contribution in [2.45, 2.75) is 31.5 Å². The Kier molecular flexibility index (Phi) is 4.92. The molecule has 0 bridgehead atoms. The highest BCUT2D eigenvalue weighted by Crippen LogP contribution is 2.32. The van der Waals surface area contributed by atoms with Gasteiger partial charge in [-0.05, 0) is 31.3 Å². The van der Waals surface area contributed by atoms with Crippen molar-refractivity contribution in [2.75, 3.05) is 37.4 Å². The molecule has 2 aliphatic rings. The molecule has 2 aromatic carbocycles. The standard InChI is InChI=1S/C23H27N5O2/c1-27-12-17(29)11-16(27)14-30-23-25-20-13-28(10-9-19(20)22(24)26-23)21-8-4-6-15-5-2-3-7-18(15)21/h2-8,16-17,29H,9-14H2,1H3,(H2,24,25,26)/t16-,17-/m0/s1. The molecule has 1 saturated heterocycles. The Morgan fingerprint density at radius 1 is 1.17 bits per heavy atom. The van der Waals surface area contributed by atoms with Crippen LogP contribution < -0.4 is 15.4 Å². The van der Waals surface area contributed by atoms with Gasteiger partial charge in [-0.1, -0.05) is 36.4 Å². The molecule has 7 nitrogen and oxygen atoms in total. The first-order chi connectivity index (χ1) is 14.6. The average Bonchev–Trinajstić information content (AvgIpc) is 3.08. The minimum atomic E-state index is -0.299. The molecule has 0 spiro atoms. The highest BCUT2D eigenvalue weighted by Gasteiger charge is 2.29. The van der Waals surface area contributed by atoms with Crippen LogP contribution >= 0.6 is 0 Å². The predicted molar refractivity (Wildman–Crippen MR) is 118 cm³/mol. The molecular formula is C23H27N5O2. The van der Waals surface area contributed by atoms with Gasteiger partial charge in [-0.25, -0.2) is 0 Å². The molecule has 0 amide bonds. The van der Waals surface area contributed by atoms with Crippen molar-refractivity contribution < 1.29 is 9.84 Å². The van der Waals surface area contributed by atoms with E-state index in [1.807, 2.05) is 7.05 Å².